The highest BCUT2D eigenvalue weighted by molar-refractivity contribution is 5.77. The lowest BCUT2D eigenvalue weighted by molar-refractivity contribution is -0.140. The van der Waals surface area contributed by atoms with E-state index in [-0.39, 0.29) is 24.2 Å². The van der Waals surface area contributed by atoms with Crippen molar-refractivity contribution in [2.45, 2.75) is 76.8 Å². The number of nitrogens with zero attached hydrogens (tertiary/aromatic N) is 5. The number of benzene rings is 1. The van der Waals surface area contributed by atoms with Gasteiger partial charge in [0.2, 0.25) is 5.89 Å². The predicted molar refractivity (Wildman–Crippen MR) is 130 cm³/mol. The van der Waals surface area contributed by atoms with E-state index in [0.29, 0.717) is 38.1 Å². The van der Waals surface area contributed by atoms with Crippen molar-refractivity contribution in [3.05, 3.63) is 41.8 Å². The number of piperidine rings is 2. The summed E-state index contributed by atoms with van der Waals surface area (Å²) in [5.74, 6) is 0.454. The molecule has 1 aromatic heterocycles. The van der Waals surface area contributed by atoms with E-state index in [1.807, 2.05) is 56.0 Å². The van der Waals surface area contributed by atoms with E-state index < -0.39 is 11.7 Å². The minimum Gasteiger partial charge on any atom is -0.444 e. The standard InChI is InChI=1S/C25H34N6O5/c1-25(2,3)36-23(32)26-18-11-13-29(14-12-18)22-28-27-21(35-22)20-10-9-19-15-30(20)24(33)31(19)34-16-17-7-5-4-6-8-17/h4-8,18-20H,9-16H2,1-3H3,(H,26,32)/t19-,20-/m0/s1. The molecule has 0 unspecified atom stereocenters. The molecule has 5 rings (SSSR count). The van der Waals surface area contributed by atoms with Crippen LogP contribution >= 0.6 is 0 Å². The van der Waals surface area contributed by atoms with Gasteiger partial charge in [-0.3, -0.25) is 4.84 Å². The van der Waals surface area contributed by atoms with Gasteiger partial charge in [-0.25, -0.2) is 9.59 Å². The zero-order valence-corrected chi connectivity index (χ0v) is 21.1. The SMILES string of the molecule is CC(C)(C)OC(=O)NC1CCN(c2nnc([C@@H]3CC[C@H]4CN3C(=O)N4OCc3ccccc3)o2)CC1. The molecule has 2 bridgehead atoms. The van der Waals surface area contributed by atoms with Gasteiger partial charge < -0.3 is 24.3 Å². The third kappa shape index (κ3) is 5.40. The van der Waals surface area contributed by atoms with Gasteiger partial charge in [0.25, 0.3) is 0 Å². The monoisotopic (exact) mass is 498 g/mol. The number of aromatic nitrogens is 2. The average molecular weight is 499 g/mol. The highest BCUT2D eigenvalue weighted by Crippen LogP contribution is 2.38. The number of fused-ring (bicyclic) bond motifs is 2. The number of ether oxygens (including phenoxy) is 1. The number of hydrogen-bond donors (Lipinski definition) is 1. The minimum atomic E-state index is -0.522. The fourth-order valence-corrected chi connectivity index (χ4v) is 4.95. The van der Waals surface area contributed by atoms with Gasteiger partial charge in [0.1, 0.15) is 18.2 Å². The predicted octanol–water partition coefficient (Wildman–Crippen LogP) is 3.64. The molecule has 3 amide bonds. The van der Waals surface area contributed by atoms with Crippen molar-refractivity contribution >= 4 is 18.1 Å². The van der Waals surface area contributed by atoms with Crippen LogP contribution in [0.5, 0.6) is 0 Å². The van der Waals surface area contributed by atoms with Crippen molar-refractivity contribution in [1.29, 1.82) is 0 Å². The lowest BCUT2D eigenvalue weighted by Crippen LogP contribution is -2.46. The Morgan fingerprint density at radius 3 is 2.58 bits per heavy atom. The number of carbonyl (C=O) groups is 2. The number of anilines is 1. The molecule has 194 valence electrons. The first-order valence-electron chi connectivity index (χ1n) is 12.6. The van der Waals surface area contributed by atoms with Crippen LogP contribution < -0.4 is 10.2 Å². The van der Waals surface area contributed by atoms with Gasteiger partial charge in [-0.05, 0) is 52.0 Å². The molecule has 2 atom stereocenters. The van der Waals surface area contributed by atoms with Crippen LogP contribution in [0.25, 0.3) is 0 Å². The second-order valence-corrected chi connectivity index (χ2v) is 10.6. The molecule has 3 aliphatic heterocycles. The molecule has 2 aromatic rings. The Morgan fingerprint density at radius 1 is 1.11 bits per heavy atom. The number of alkyl carbamates (subject to hydrolysis) is 1. The molecule has 36 heavy (non-hydrogen) atoms. The van der Waals surface area contributed by atoms with Crippen LogP contribution in [0.1, 0.15) is 64.0 Å². The molecule has 0 spiro atoms. The van der Waals surface area contributed by atoms with E-state index in [0.717, 1.165) is 31.2 Å². The van der Waals surface area contributed by atoms with Crippen molar-refractivity contribution < 1.29 is 23.6 Å². The van der Waals surface area contributed by atoms with E-state index in [1.165, 1.54) is 5.06 Å². The number of amides is 3. The van der Waals surface area contributed by atoms with Gasteiger partial charge >= 0.3 is 18.1 Å². The summed E-state index contributed by atoms with van der Waals surface area (Å²) in [6, 6.07) is 9.92. The smallest absolute Gasteiger partial charge is 0.407 e. The summed E-state index contributed by atoms with van der Waals surface area (Å²) >= 11 is 0. The Labute approximate surface area is 210 Å². The van der Waals surface area contributed by atoms with Crippen LogP contribution in [0.2, 0.25) is 0 Å². The molecule has 1 N–H and O–H groups in total. The summed E-state index contributed by atoms with van der Waals surface area (Å²) in [7, 11) is 0. The Bertz CT molecular complexity index is 1060. The quantitative estimate of drug-likeness (QED) is 0.642. The molecule has 3 saturated heterocycles. The van der Waals surface area contributed by atoms with Crippen LogP contribution in [0, 0.1) is 0 Å². The van der Waals surface area contributed by atoms with Crippen molar-refractivity contribution in [2.24, 2.45) is 0 Å². The van der Waals surface area contributed by atoms with Gasteiger partial charge in [0.05, 0.1) is 6.04 Å². The molecule has 0 radical (unpaired) electrons. The van der Waals surface area contributed by atoms with Gasteiger partial charge in [0.15, 0.2) is 0 Å². The van der Waals surface area contributed by atoms with E-state index in [9.17, 15) is 9.59 Å². The fourth-order valence-electron chi connectivity index (χ4n) is 4.95. The van der Waals surface area contributed by atoms with Crippen molar-refractivity contribution in [2.75, 3.05) is 24.5 Å². The summed E-state index contributed by atoms with van der Waals surface area (Å²) in [6.07, 6.45) is 2.65. The summed E-state index contributed by atoms with van der Waals surface area (Å²) in [6.45, 7) is 7.83. The van der Waals surface area contributed by atoms with E-state index in [4.69, 9.17) is 14.0 Å². The van der Waals surface area contributed by atoms with Crippen molar-refractivity contribution in [3.63, 3.8) is 0 Å². The van der Waals surface area contributed by atoms with Gasteiger partial charge in [-0.1, -0.05) is 35.4 Å². The van der Waals surface area contributed by atoms with Gasteiger partial charge in [0, 0.05) is 25.7 Å². The number of carbonyl (C=O) groups excluding carboxylic acids is 2. The Hall–Kier alpha value is -3.34. The molecule has 0 saturated carbocycles. The Kier molecular flexibility index (Phi) is 6.74. The minimum absolute atomic E-state index is 0.0244. The van der Waals surface area contributed by atoms with Gasteiger partial charge in [-0.15, -0.1) is 5.10 Å². The summed E-state index contributed by atoms with van der Waals surface area (Å²) < 4.78 is 11.4. The first-order valence-corrected chi connectivity index (χ1v) is 12.6. The van der Waals surface area contributed by atoms with E-state index in [2.05, 4.69) is 15.5 Å². The summed E-state index contributed by atoms with van der Waals surface area (Å²) in [5, 5.41) is 13.0. The van der Waals surface area contributed by atoms with Crippen LogP contribution in [0.3, 0.4) is 0 Å². The number of nitrogens with one attached hydrogen (secondary N) is 1. The topological polar surface area (TPSA) is 113 Å². The van der Waals surface area contributed by atoms with Crippen LogP contribution in [-0.4, -0.2) is 69.6 Å². The largest absolute Gasteiger partial charge is 0.444 e. The van der Waals surface area contributed by atoms with Crippen LogP contribution in [0.4, 0.5) is 15.6 Å². The average Bonchev–Trinajstić information content (AvgIpc) is 3.42. The molecule has 4 heterocycles. The highest BCUT2D eigenvalue weighted by Gasteiger charge is 2.48. The third-order valence-corrected chi connectivity index (χ3v) is 6.74. The zero-order chi connectivity index (χ0) is 25.3. The second-order valence-electron chi connectivity index (χ2n) is 10.6. The molecule has 0 aliphatic carbocycles. The normalized spacial score (nSPS) is 22.8. The van der Waals surface area contributed by atoms with Crippen molar-refractivity contribution in [1.82, 2.24) is 25.5 Å². The highest BCUT2D eigenvalue weighted by atomic mass is 16.7. The molecular weight excluding hydrogens is 464 g/mol. The molecule has 3 aliphatic rings. The lowest BCUT2D eigenvalue weighted by Gasteiger charge is -2.31. The third-order valence-electron chi connectivity index (χ3n) is 6.74. The van der Waals surface area contributed by atoms with Gasteiger partial charge in [-0.2, -0.15) is 5.06 Å². The zero-order valence-electron chi connectivity index (χ0n) is 21.1. The first-order chi connectivity index (χ1) is 17.3. The second kappa shape index (κ2) is 9.96. The molecule has 11 heteroatoms. The van der Waals surface area contributed by atoms with Crippen molar-refractivity contribution in [3.8, 4) is 0 Å². The summed E-state index contributed by atoms with van der Waals surface area (Å²) in [4.78, 5) is 34.8. The molecule has 3 fully saturated rings. The lowest BCUT2D eigenvalue weighted by atomic mass is 10.0. The van der Waals surface area contributed by atoms with Crippen LogP contribution in [0.15, 0.2) is 34.7 Å². The van der Waals surface area contributed by atoms with E-state index in [1.54, 1.807) is 4.90 Å². The molecule has 11 nitrogen and oxygen atoms in total. The molecular formula is C25H34N6O5. The Morgan fingerprint density at radius 2 is 1.86 bits per heavy atom. The van der Waals surface area contributed by atoms with Crippen LogP contribution in [-0.2, 0) is 16.2 Å². The fraction of sp³-hybridized carbons (Fsp3) is 0.600. The number of hydroxylamine groups is 2. The number of hydrogen-bond acceptors (Lipinski definition) is 8. The summed E-state index contributed by atoms with van der Waals surface area (Å²) in [5.41, 5.74) is 0.496. The van der Waals surface area contributed by atoms with E-state index >= 15 is 0 Å². The first kappa shape index (κ1) is 24.4. The maximum Gasteiger partial charge on any atom is 0.407 e. The number of urea groups is 1. The molecule has 1 aromatic carbocycles. The maximum atomic E-state index is 13.1. The maximum absolute atomic E-state index is 13.1. The number of rotatable bonds is 6. The Balaban J connectivity index is 1.15.